The van der Waals surface area contributed by atoms with Crippen molar-refractivity contribution >= 4 is 30.0 Å². The Labute approximate surface area is 149 Å². The smallest absolute Gasteiger partial charge is 0.393 e. The van der Waals surface area contributed by atoms with Gasteiger partial charge in [0.1, 0.15) is 0 Å². The fraction of sp³-hybridized carbons (Fsp3) is 0.500. The summed E-state index contributed by atoms with van der Waals surface area (Å²) >= 11 is 0. The van der Waals surface area contributed by atoms with Crippen LogP contribution in [0.4, 0.5) is 18.9 Å². The number of hydrogen-bond donors (Lipinski definition) is 2. The first kappa shape index (κ1) is 21.2. The second kappa shape index (κ2) is 8.53. The Balaban J connectivity index is 0.00000312. The average Bonchev–Trinajstić information content (AvgIpc) is 2.92. The maximum absolute atomic E-state index is 12.9. The molecule has 0 radical (unpaired) electrons. The first-order valence-electron chi connectivity index (χ1n) is 7.62. The standard InChI is InChI=1S/C16H19F3N2O3.ClH/c1-2-10-5-3-4-6-13(10)20-14(22)9-21-7-11(15(23)24)12(8-21)16(17,18)19;/h3-6,11-12H,2,7-9H2,1H3,(H,20,22)(H,23,24);1H/t11-,12-;/m1./s1. The molecule has 1 saturated heterocycles. The fourth-order valence-corrected chi connectivity index (χ4v) is 2.94. The van der Waals surface area contributed by atoms with Crippen LogP contribution >= 0.6 is 12.4 Å². The number of nitrogens with zero attached hydrogens (tertiary/aromatic N) is 1. The van der Waals surface area contributed by atoms with E-state index in [0.29, 0.717) is 12.1 Å². The van der Waals surface area contributed by atoms with Crippen LogP contribution < -0.4 is 5.32 Å². The van der Waals surface area contributed by atoms with Crippen molar-refractivity contribution in [1.29, 1.82) is 0 Å². The minimum absolute atomic E-state index is 0. The van der Waals surface area contributed by atoms with Crippen molar-refractivity contribution < 1.29 is 27.9 Å². The summed E-state index contributed by atoms with van der Waals surface area (Å²) in [6.07, 6.45) is -3.89. The normalized spacial score (nSPS) is 20.8. The van der Waals surface area contributed by atoms with Crippen molar-refractivity contribution in [1.82, 2.24) is 4.90 Å². The highest BCUT2D eigenvalue weighted by Crippen LogP contribution is 2.37. The number of likely N-dealkylation sites (tertiary alicyclic amines) is 1. The molecule has 140 valence electrons. The summed E-state index contributed by atoms with van der Waals surface area (Å²) in [6.45, 7) is 0.886. The summed E-state index contributed by atoms with van der Waals surface area (Å²) < 4.78 is 38.8. The maximum Gasteiger partial charge on any atom is 0.393 e. The van der Waals surface area contributed by atoms with Crippen LogP contribution in [0.3, 0.4) is 0 Å². The zero-order valence-electron chi connectivity index (χ0n) is 13.5. The van der Waals surface area contributed by atoms with Crippen molar-refractivity contribution in [2.45, 2.75) is 19.5 Å². The Bertz CT molecular complexity index is 625. The van der Waals surface area contributed by atoms with Crippen LogP contribution in [0.2, 0.25) is 0 Å². The lowest BCUT2D eigenvalue weighted by molar-refractivity contribution is -0.188. The molecule has 0 bridgehead atoms. The van der Waals surface area contributed by atoms with E-state index in [4.69, 9.17) is 5.11 Å². The number of hydrogen-bond acceptors (Lipinski definition) is 3. The molecule has 2 N–H and O–H groups in total. The van der Waals surface area contributed by atoms with Crippen LogP contribution in [0.1, 0.15) is 12.5 Å². The zero-order valence-corrected chi connectivity index (χ0v) is 14.4. The fourth-order valence-electron chi connectivity index (χ4n) is 2.94. The number of rotatable bonds is 5. The minimum Gasteiger partial charge on any atom is -0.481 e. The van der Waals surface area contributed by atoms with Gasteiger partial charge in [-0.15, -0.1) is 12.4 Å². The van der Waals surface area contributed by atoms with Gasteiger partial charge in [0.2, 0.25) is 5.91 Å². The lowest BCUT2D eigenvalue weighted by atomic mass is 9.96. The van der Waals surface area contributed by atoms with Crippen molar-refractivity contribution in [2.24, 2.45) is 11.8 Å². The van der Waals surface area contributed by atoms with E-state index in [1.54, 1.807) is 12.1 Å². The second-order valence-electron chi connectivity index (χ2n) is 5.85. The van der Waals surface area contributed by atoms with E-state index in [9.17, 15) is 22.8 Å². The van der Waals surface area contributed by atoms with Crippen molar-refractivity contribution in [3.05, 3.63) is 29.8 Å². The number of aliphatic carboxylic acids is 1. The number of halogens is 4. The van der Waals surface area contributed by atoms with Crippen LogP contribution in [-0.2, 0) is 16.0 Å². The van der Waals surface area contributed by atoms with Gasteiger partial charge in [0, 0.05) is 18.8 Å². The van der Waals surface area contributed by atoms with Crippen LogP contribution in [0.25, 0.3) is 0 Å². The first-order chi connectivity index (χ1) is 11.2. The van der Waals surface area contributed by atoms with Gasteiger partial charge in [0.15, 0.2) is 0 Å². The maximum atomic E-state index is 12.9. The lowest BCUT2D eigenvalue weighted by Crippen LogP contribution is -2.34. The van der Waals surface area contributed by atoms with E-state index in [1.165, 1.54) is 4.90 Å². The van der Waals surface area contributed by atoms with E-state index in [-0.39, 0.29) is 25.5 Å². The van der Waals surface area contributed by atoms with Gasteiger partial charge in [-0.05, 0) is 18.1 Å². The predicted octanol–water partition coefficient (Wildman–Crippen LogP) is 2.80. The number of nitrogens with one attached hydrogen (secondary N) is 1. The number of para-hydroxylation sites is 1. The van der Waals surface area contributed by atoms with Gasteiger partial charge in [-0.3, -0.25) is 14.5 Å². The number of carbonyl (C=O) groups is 2. The molecule has 0 unspecified atom stereocenters. The number of alkyl halides is 3. The molecular weight excluding hydrogens is 361 g/mol. The molecule has 2 atom stereocenters. The van der Waals surface area contributed by atoms with Gasteiger partial charge < -0.3 is 10.4 Å². The Morgan fingerprint density at radius 1 is 1.28 bits per heavy atom. The van der Waals surface area contributed by atoms with Crippen molar-refractivity contribution in [2.75, 3.05) is 25.0 Å². The van der Waals surface area contributed by atoms with E-state index in [2.05, 4.69) is 5.32 Å². The molecule has 2 rings (SSSR count). The number of carboxylic acids is 1. The molecule has 0 saturated carbocycles. The number of carbonyl (C=O) groups excluding carboxylic acids is 1. The van der Waals surface area contributed by atoms with Gasteiger partial charge in [-0.2, -0.15) is 13.2 Å². The highest BCUT2D eigenvalue weighted by atomic mass is 35.5. The Morgan fingerprint density at radius 2 is 1.92 bits per heavy atom. The predicted molar refractivity (Wildman–Crippen MR) is 88.8 cm³/mol. The third-order valence-corrected chi connectivity index (χ3v) is 4.17. The van der Waals surface area contributed by atoms with E-state index in [0.717, 1.165) is 5.56 Å². The minimum atomic E-state index is -4.59. The summed E-state index contributed by atoms with van der Waals surface area (Å²) in [4.78, 5) is 24.4. The number of carboxylic acid groups (broad SMARTS) is 1. The molecule has 1 aromatic rings. The van der Waals surface area contributed by atoms with Gasteiger partial charge in [0.05, 0.1) is 18.4 Å². The van der Waals surface area contributed by atoms with Crippen LogP contribution in [0.15, 0.2) is 24.3 Å². The molecule has 25 heavy (non-hydrogen) atoms. The topological polar surface area (TPSA) is 69.6 Å². The molecular formula is C16H20ClF3N2O3. The second-order valence-corrected chi connectivity index (χ2v) is 5.85. The quantitative estimate of drug-likeness (QED) is 0.824. The third kappa shape index (κ3) is 5.34. The van der Waals surface area contributed by atoms with Gasteiger partial charge in [-0.1, -0.05) is 25.1 Å². The first-order valence-corrected chi connectivity index (χ1v) is 7.62. The third-order valence-electron chi connectivity index (χ3n) is 4.17. The summed E-state index contributed by atoms with van der Waals surface area (Å²) in [7, 11) is 0. The van der Waals surface area contributed by atoms with E-state index in [1.807, 2.05) is 19.1 Å². The molecule has 0 aromatic heterocycles. The van der Waals surface area contributed by atoms with E-state index < -0.39 is 36.4 Å². The SMILES string of the molecule is CCc1ccccc1NC(=O)CN1C[C@@H](C(F)(F)F)[C@H](C(=O)O)C1.Cl. The molecule has 1 heterocycles. The molecule has 1 fully saturated rings. The molecule has 0 aliphatic carbocycles. The lowest BCUT2D eigenvalue weighted by Gasteiger charge is -2.18. The van der Waals surface area contributed by atoms with Crippen LogP contribution in [0.5, 0.6) is 0 Å². The number of benzene rings is 1. The molecule has 1 aliphatic heterocycles. The molecule has 1 aromatic carbocycles. The summed E-state index contributed by atoms with van der Waals surface area (Å²) in [6, 6.07) is 7.16. The van der Waals surface area contributed by atoms with E-state index >= 15 is 0 Å². The van der Waals surface area contributed by atoms with Gasteiger partial charge in [0.25, 0.3) is 0 Å². The summed E-state index contributed by atoms with van der Waals surface area (Å²) in [5.74, 6) is -5.44. The average molecular weight is 381 g/mol. The summed E-state index contributed by atoms with van der Waals surface area (Å²) in [5, 5.41) is 11.7. The number of aryl methyl sites for hydroxylation is 1. The highest BCUT2D eigenvalue weighted by Gasteiger charge is 2.52. The van der Waals surface area contributed by atoms with Crippen molar-refractivity contribution in [3.8, 4) is 0 Å². The monoisotopic (exact) mass is 380 g/mol. The largest absolute Gasteiger partial charge is 0.481 e. The Kier molecular flexibility index (Phi) is 7.25. The Hall–Kier alpha value is -1.80. The molecule has 1 aliphatic rings. The molecule has 9 heteroatoms. The highest BCUT2D eigenvalue weighted by molar-refractivity contribution is 5.93. The van der Waals surface area contributed by atoms with Gasteiger partial charge in [-0.25, -0.2) is 0 Å². The van der Waals surface area contributed by atoms with Crippen LogP contribution in [0, 0.1) is 11.8 Å². The number of amides is 1. The van der Waals surface area contributed by atoms with Gasteiger partial charge >= 0.3 is 12.1 Å². The molecule has 1 amide bonds. The Morgan fingerprint density at radius 3 is 2.44 bits per heavy atom. The summed E-state index contributed by atoms with van der Waals surface area (Å²) in [5.41, 5.74) is 1.54. The zero-order chi connectivity index (χ0) is 17.9. The molecule has 5 nitrogen and oxygen atoms in total. The van der Waals surface area contributed by atoms with Crippen LogP contribution in [-0.4, -0.2) is 47.7 Å². The number of anilines is 1. The van der Waals surface area contributed by atoms with Crippen molar-refractivity contribution in [3.63, 3.8) is 0 Å². The molecule has 0 spiro atoms.